The molecule has 90 valence electrons. The van der Waals surface area contributed by atoms with Gasteiger partial charge in [-0.1, -0.05) is 6.08 Å². The highest BCUT2D eigenvalue weighted by molar-refractivity contribution is 5.68. The number of rotatable bonds is 3. The predicted octanol–water partition coefficient (Wildman–Crippen LogP) is 1.38. The molecule has 1 aliphatic carbocycles. The molecule has 0 heterocycles. The largest absolute Gasteiger partial charge is 0.460 e. The first kappa shape index (κ1) is 12.5. The average molecular weight is 227 g/mol. The molecule has 1 N–H and O–H groups in total. The van der Waals surface area contributed by atoms with Gasteiger partial charge >= 0.3 is 6.09 Å². The minimum absolute atomic E-state index is 0.139. The van der Waals surface area contributed by atoms with Crippen LogP contribution in [0.3, 0.4) is 0 Å². The lowest BCUT2D eigenvalue weighted by Gasteiger charge is -2.21. The molecule has 5 nitrogen and oxygen atoms in total. The van der Waals surface area contributed by atoms with Crippen molar-refractivity contribution in [2.75, 3.05) is 0 Å². The molecule has 0 aromatic rings. The van der Waals surface area contributed by atoms with Crippen molar-refractivity contribution in [1.82, 2.24) is 5.32 Å². The zero-order chi connectivity index (χ0) is 12.2. The highest BCUT2D eigenvalue weighted by Gasteiger charge is 2.23. The van der Waals surface area contributed by atoms with Gasteiger partial charge in [0.05, 0.1) is 6.04 Å². The summed E-state index contributed by atoms with van der Waals surface area (Å²) >= 11 is 0. The van der Waals surface area contributed by atoms with Crippen molar-refractivity contribution in [2.45, 2.75) is 44.9 Å². The number of carbonyl (C=O) groups is 2. The lowest BCUT2D eigenvalue weighted by molar-refractivity contribution is -0.131. The maximum atomic E-state index is 11.4. The van der Waals surface area contributed by atoms with Gasteiger partial charge in [0.2, 0.25) is 0 Å². The molecule has 0 unspecified atom stereocenters. The zero-order valence-electron chi connectivity index (χ0n) is 9.73. The summed E-state index contributed by atoms with van der Waals surface area (Å²) in [6, 6.07) is -0.139. The Morgan fingerprint density at radius 1 is 1.44 bits per heavy atom. The SMILES string of the molecule is CC(C)(C)OC(=O)N[C@H]1C=C[C@@H](OC=O)C1. The number of hydrogen-bond acceptors (Lipinski definition) is 4. The normalized spacial score (nSPS) is 23.9. The number of ether oxygens (including phenoxy) is 2. The first-order valence-corrected chi connectivity index (χ1v) is 5.17. The summed E-state index contributed by atoms with van der Waals surface area (Å²) in [4.78, 5) is 21.5. The van der Waals surface area contributed by atoms with Gasteiger partial charge in [-0.25, -0.2) is 4.79 Å². The average Bonchev–Trinajstić information content (AvgIpc) is 2.49. The molecule has 0 spiro atoms. The van der Waals surface area contributed by atoms with Crippen molar-refractivity contribution in [3.63, 3.8) is 0 Å². The van der Waals surface area contributed by atoms with Crippen LogP contribution in [0.4, 0.5) is 4.79 Å². The molecule has 0 radical (unpaired) electrons. The van der Waals surface area contributed by atoms with Gasteiger partial charge in [-0.2, -0.15) is 0 Å². The highest BCUT2D eigenvalue weighted by Crippen LogP contribution is 2.14. The van der Waals surface area contributed by atoms with Crippen molar-refractivity contribution >= 4 is 12.6 Å². The smallest absolute Gasteiger partial charge is 0.408 e. The molecule has 0 fully saturated rings. The molecule has 0 aromatic carbocycles. The number of hydrogen-bond donors (Lipinski definition) is 1. The number of alkyl carbamates (subject to hydrolysis) is 1. The van der Waals surface area contributed by atoms with E-state index < -0.39 is 11.7 Å². The predicted molar refractivity (Wildman–Crippen MR) is 57.9 cm³/mol. The molecule has 1 rings (SSSR count). The molecule has 2 atom stereocenters. The van der Waals surface area contributed by atoms with Crippen molar-refractivity contribution in [2.24, 2.45) is 0 Å². The molecule has 5 heteroatoms. The van der Waals surface area contributed by atoms with Gasteiger partial charge in [0.1, 0.15) is 11.7 Å². The van der Waals surface area contributed by atoms with Gasteiger partial charge in [-0.05, 0) is 26.8 Å². The van der Waals surface area contributed by atoms with Gasteiger partial charge in [-0.15, -0.1) is 0 Å². The molecule has 1 amide bonds. The van der Waals surface area contributed by atoms with Gasteiger partial charge in [0.15, 0.2) is 0 Å². The molecular weight excluding hydrogens is 210 g/mol. The molecule has 0 aliphatic heterocycles. The van der Waals surface area contributed by atoms with E-state index in [2.05, 4.69) is 5.32 Å². The summed E-state index contributed by atoms with van der Waals surface area (Å²) in [7, 11) is 0. The Kier molecular flexibility index (Phi) is 3.93. The lowest BCUT2D eigenvalue weighted by atomic mass is 10.2. The second-order valence-corrected chi connectivity index (χ2v) is 4.64. The zero-order valence-corrected chi connectivity index (χ0v) is 9.73. The Morgan fingerprint density at radius 2 is 2.12 bits per heavy atom. The summed E-state index contributed by atoms with van der Waals surface area (Å²) < 4.78 is 9.86. The van der Waals surface area contributed by atoms with Crippen molar-refractivity contribution in [1.29, 1.82) is 0 Å². The first-order valence-electron chi connectivity index (χ1n) is 5.17. The Morgan fingerprint density at radius 3 is 2.69 bits per heavy atom. The third-order valence-corrected chi connectivity index (χ3v) is 1.98. The Labute approximate surface area is 94.8 Å². The summed E-state index contributed by atoms with van der Waals surface area (Å²) in [6.07, 6.45) is 3.37. The van der Waals surface area contributed by atoms with Crippen LogP contribution in [0.25, 0.3) is 0 Å². The van der Waals surface area contributed by atoms with E-state index in [9.17, 15) is 9.59 Å². The summed E-state index contributed by atoms with van der Waals surface area (Å²) in [6.45, 7) is 5.81. The Hall–Kier alpha value is -1.52. The van der Waals surface area contributed by atoms with Crippen LogP contribution >= 0.6 is 0 Å². The topological polar surface area (TPSA) is 64.6 Å². The van der Waals surface area contributed by atoms with Crippen LogP contribution in [0.2, 0.25) is 0 Å². The monoisotopic (exact) mass is 227 g/mol. The van der Waals surface area contributed by atoms with E-state index >= 15 is 0 Å². The van der Waals surface area contributed by atoms with Crippen LogP contribution in [-0.2, 0) is 14.3 Å². The fourth-order valence-electron chi connectivity index (χ4n) is 1.40. The fraction of sp³-hybridized carbons (Fsp3) is 0.636. The van der Waals surface area contributed by atoms with E-state index in [4.69, 9.17) is 9.47 Å². The minimum atomic E-state index is -0.509. The molecule has 1 aliphatic rings. The summed E-state index contributed by atoms with van der Waals surface area (Å²) in [5.41, 5.74) is -0.509. The molecule has 0 saturated heterocycles. The fourth-order valence-corrected chi connectivity index (χ4v) is 1.40. The van der Waals surface area contributed by atoms with Crippen LogP contribution in [0.5, 0.6) is 0 Å². The first-order chi connectivity index (χ1) is 7.40. The van der Waals surface area contributed by atoms with E-state index in [0.717, 1.165) is 0 Å². The quantitative estimate of drug-likeness (QED) is 0.584. The maximum Gasteiger partial charge on any atom is 0.408 e. The third kappa shape index (κ3) is 4.33. The van der Waals surface area contributed by atoms with Gasteiger partial charge < -0.3 is 14.8 Å². The second kappa shape index (κ2) is 5.01. The molecular formula is C11H17NO4. The standard InChI is InChI=1S/C11H17NO4/c1-11(2,3)16-10(14)12-8-4-5-9(6-8)15-7-13/h4-5,7-9H,6H2,1-3H3,(H,12,14)/t8-,9+/m0/s1. The van der Waals surface area contributed by atoms with Crippen molar-refractivity contribution in [3.8, 4) is 0 Å². The minimum Gasteiger partial charge on any atom is -0.460 e. The highest BCUT2D eigenvalue weighted by atomic mass is 16.6. The van der Waals surface area contributed by atoms with Gasteiger partial charge in [0, 0.05) is 6.42 Å². The molecule has 16 heavy (non-hydrogen) atoms. The Bertz CT molecular complexity index is 293. The van der Waals surface area contributed by atoms with Crippen LogP contribution in [0, 0.1) is 0 Å². The Balaban J connectivity index is 2.32. The molecule has 0 bridgehead atoms. The summed E-state index contributed by atoms with van der Waals surface area (Å²) in [5.74, 6) is 0. The van der Waals surface area contributed by atoms with Gasteiger partial charge in [0.25, 0.3) is 6.47 Å². The van der Waals surface area contributed by atoms with Crippen LogP contribution in [0.15, 0.2) is 12.2 Å². The molecule has 0 aromatic heterocycles. The number of nitrogens with one attached hydrogen (secondary N) is 1. The van der Waals surface area contributed by atoms with E-state index in [0.29, 0.717) is 12.9 Å². The lowest BCUT2D eigenvalue weighted by Crippen LogP contribution is -2.38. The van der Waals surface area contributed by atoms with E-state index in [-0.39, 0.29) is 12.1 Å². The van der Waals surface area contributed by atoms with Crippen LogP contribution < -0.4 is 5.32 Å². The van der Waals surface area contributed by atoms with E-state index in [1.807, 2.05) is 0 Å². The second-order valence-electron chi connectivity index (χ2n) is 4.64. The van der Waals surface area contributed by atoms with Crippen molar-refractivity contribution < 1.29 is 19.1 Å². The van der Waals surface area contributed by atoms with E-state index in [1.165, 1.54) is 0 Å². The third-order valence-electron chi connectivity index (χ3n) is 1.98. The van der Waals surface area contributed by atoms with Crippen LogP contribution in [0.1, 0.15) is 27.2 Å². The summed E-state index contributed by atoms with van der Waals surface area (Å²) in [5, 5.41) is 2.68. The number of carbonyl (C=O) groups excluding carboxylic acids is 2. The van der Waals surface area contributed by atoms with Crippen LogP contribution in [-0.4, -0.2) is 30.3 Å². The molecule has 0 saturated carbocycles. The van der Waals surface area contributed by atoms with E-state index in [1.54, 1.807) is 32.9 Å². The number of amides is 1. The van der Waals surface area contributed by atoms with Gasteiger partial charge in [-0.3, -0.25) is 4.79 Å². The van der Waals surface area contributed by atoms with Crippen molar-refractivity contribution in [3.05, 3.63) is 12.2 Å². The maximum absolute atomic E-state index is 11.4.